The predicted octanol–water partition coefficient (Wildman–Crippen LogP) is 5.24. The molecule has 0 aliphatic heterocycles. The summed E-state index contributed by atoms with van der Waals surface area (Å²) in [5, 5.41) is 9.83. The average molecular weight is 446 g/mol. The zero-order valence-corrected chi connectivity index (χ0v) is 19.5. The minimum atomic E-state index is -0.252. The first-order valence-electron chi connectivity index (χ1n) is 11.0. The zero-order valence-electron chi connectivity index (χ0n) is 19.5. The first-order valence-corrected chi connectivity index (χ1v) is 11.0. The van der Waals surface area contributed by atoms with Gasteiger partial charge < -0.3 is 19.5 Å². The monoisotopic (exact) mass is 445 g/mol. The number of carbonyl (C=O) groups excluding carboxylic acids is 1. The van der Waals surface area contributed by atoms with E-state index in [2.05, 4.69) is 4.90 Å². The topological polar surface area (TPSA) is 59.0 Å². The molecule has 0 heterocycles. The highest BCUT2D eigenvalue weighted by Gasteiger charge is 2.16. The molecule has 5 heteroatoms. The summed E-state index contributed by atoms with van der Waals surface area (Å²) in [4.78, 5) is 14.1. The Labute approximate surface area is 195 Å². The van der Waals surface area contributed by atoms with Gasteiger partial charge in [0.25, 0.3) is 0 Å². The molecule has 5 nitrogen and oxygen atoms in total. The number of hydrogen-bond acceptors (Lipinski definition) is 5. The molecule has 0 fully saturated rings. The third-order valence-corrected chi connectivity index (χ3v) is 5.34. The van der Waals surface area contributed by atoms with Gasteiger partial charge in [0.1, 0.15) is 18.1 Å². The van der Waals surface area contributed by atoms with Crippen molar-refractivity contribution in [2.45, 2.75) is 12.8 Å². The Morgan fingerprint density at radius 2 is 1.42 bits per heavy atom. The number of methoxy groups -OCH3 is 1. The standard InChI is InChI=1S/C28H31NO4/c1-29(2)19-20-33-25-15-11-23(12-16-25)28(22-9-13-24(30)14-10-22)26(17-18-27(31)32-3)21-7-5-4-6-8-21/h4-16,30H,17-20H2,1-3H3/b28-26-. The Morgan fingerprint density at radius 1 is 0.818 bits per heavy atom. The van der Waals surface area contributed by atoms with Crippen LogP contribution < -0.4 is 4.74 Å². The summed E-state index contributed by atoms with van der Waals surface area (Å²) in [6, 6.07) is 25.2. The van der Waals surface area contributed by atoms with Gasteiger partial charge in [0.2, 0.25) is 0 Å². The van der Waals surface area contributed by atoms with Crippen molar-refractivity contribution in [1.82, 2.24) is 4.90 Å². The molecule has 0 radical (unpaired) electrons. The van der Waals surface area contributed by atoms with E-state index in [0.717, 1.165) is 40.1 Å². The lowest BCUT2D eigenvalue weighted by Gasteiger charge is -2.18. The van der Waals surface area contributed by atoms with Crippen LogP contribution >= 0.6 is 0 Å². The molecule has 0 aliphatic carbocycles. The Balaban J connectivity index is 2.07. The van der Waals surface area contributed by atoms with Gasteiger partial charge in [-0.05, 0) is 72.6 Å². The molecule has 172 valence electrons. The van der Waals surface area contributed by atoms with Crippen LogP contribution in [0.1, 0.15) is 29.5 Å². The van der Waals surface area contributed by atoms with Crippen LogP contribution in [0.2, 0.25) is 0 Å². The number of likely N-dealkylation sites (N-methyl/N-ethyl adjacent to an activating group) is 1. The van der Waals surface area contributed by atoms with E-state index in [1.54, 1.807) is 12.1 Å². The van der Waals surface area contributed by atoms with E-state index in [0.29, 0.717) is 13.0 Å². The number of benzene rings is 3. The molecule has 0 saturated heterocycles. The summed E-state index contributed by atoms with van der Waals surface area (Å²) in [7, 11) is 5.44. The number of ether oxygens (including phenoxy) is 2. The number of rotatable bonds is 10. The molecule has 0 aromatic heterocycles. The van der Waals surface area contributed by atoms with Gasteiger partial charge in [-0.3, -0.25) is 4.79 Å². The first kappa shape index (κ1) is 24.1. The van der Waals surface area contributed by atoms with E-state index in [1.165, 1.54) is 7.11 Å². The number of allylic oxidation sites excluding steroid dienone is 1. The SMILES string of the molecule is COC(=O)CC/C(=C(\c1ccc(O)cc1)c1ccc(OCCN(C)C)cc1)c1ccccc1. The number of phenols is 1. The fourth-order valence-corrected chi connectivity index (χ4v) is 3.59. The van der Waals surface area contributed by atoms with Crippen molar-refractivity contribution >= 4 is 17.1 Å². The highest BCUT2D eigenvalue weighted by atomic mass is 16.5. The summed E-state index contributed by atoms with van der Waals surface area (Å²) >= 11 is 0. The average Bonchev–Trinajstić information content (AvgIpc) is 2.83. The van der Waals surface area contributed by atoms with Crippen molar-refractivity contribution in [2.24, 2.45) is 0 Å². The summed E-state index contributed by atoms with van der Waals surface area (Å²) < 4.78 is 10.8. The van der Waals surface area contributed by atoms with E-state index in [-0.39, 0.29) is 18.1 Å². The highest BCUT2D eigenvalue weighted by Crippen LogP contribution is 2.36. The normalized spacial score (nSPS) is 11.8. The third kappa shape index (κ3) is 6.96. The van der Waals surface area contributed by atoms with Gasteiger partial charge in [0.05, 0.1) is 7.11 Å². The molecular formula is C28H31NO4. The Bertz CT molecular complexity index is 1060. The van der Waals surface area contributed by atoms with E-state index >= 15 is 0 Å². The molecule has 0 atom stereocenters. The second kappa shape index (κ2) is 11.9. The third-order valence-electron chi connectivity index (χ3n) is 5.34. The minimum Gasteiger partial charge on any atom is -0.508 e. The van der Waals surface area contributed by atoms with Gasteiger partial charge in [-0.15, -0.1) is 0 Å². The van der Waals surface area contributed by atoms with Crippen LogP contribution in [-0.2, 0) is 9.53 Å². The number of nitrogens with zero attached hydrogens (tertiary/aromatic N) is 1. The molecule has 0 aliphatic rings. The number of hydrogen-bond donors (Lipinski definition) is 1. The van der Waals surface area contributed by atoms with Gasteiger partial charge >= 0.3 is 5.97 Å². The van der Waals surface area contributed by atoms with E-state index in [4.69, 9.17) is 9.47 Å². The van der Waals surface area contributed by atoms with E-state index < -0.39 is 0 Å². The first-order chi connectivity index (χ1) is 16.0. The molecule has 1 N–H and O–H groups in total. The summed E-state index contributed by atoms with van der Waals surface area (Å²) in [5.74, 6) is 0.762. The lowest BCUT2D eigenvalue weighted by Crippen LogP contribution is -2.19. The lowest BCUT2D eigenvalue weighted by atomic mass is 9.87. The Hall–Kier alpha value is -3.57. The molecule has 0 unspecified atom stereocenters. The fraction of sp³-hybridized carbons (Fsp3) is 0.250. The summed E-state index contributed by atoms with van der Waals surface area (Å²) in [5.41, 5.74) is 5.04. The second-order valence-electron chi connectivity index (χ2n) is 8.02. The van der Waals surface area contributed by atoms with Crippen LogP contribution in [0.5, 0.6) is 11.5 Å². The van der Waals surface area contributed by atoms with Crippen LogP contribution in [0.15, 0.2) is 78.9 Å². The second-order valence-corrected chi connectivity index (χ2v) is 8.02. The molecule has 0 spiro atoms. The van der Waals surface area contributed by atoms with Gasteiger partial charge in [-0.1, -0.05) is 54.6 Å². The summed E-state index contributed by atoms with van der Waals surface area (Å²) in [6.07, 6.45) is 0.794. The number of phenolic OH excluding ortho intramolecular Hbond substituents is 1. The minimum absolute atomic E-state index is 0.207. The molecule has 3 aromatic rings. The smallest absolute Gasteiger partial charge is 0.305 e. The van der Waals surface area contributed by atoms with Crippen LogP contribution in [0.4, 0.5) is 0 Å². The van der Waals surface area contributed by atoms with Crippen molar-refractivity contribution in [3.05, 3.63) is 95.6 Å². The largest absolute Gasteiger partial charge is 0.508 e. The predicted molar refractivity (Wildman–Crippen MR) is 132 cm³/mol. The van der Waals surface area contributed by atoms with Crippen molar-refractivity contribution in [2.75, 3.05) is 34.4 Å². The maximum atomic E-state index is 12.0. The van der Waals surface area contributed by atoms with Crippen LogP contribution in [-0.4, -0.2) is 50.3 Å². The van der Waals surface area contributed by atoms with Gasteiger partial charge in [0.15, 0.2) is 0 Å². The molecule has 0 saturated carbocycles. The number of esters is 1. The fourth-order valence-electron chi connectivity index (χ4n) is 3.59. The quantitative estimate of drug-likeness (QED) is 0.341. The number of aromatic hydroxyl groups is 1. The Morgan fingerprint density at radius 3 is 2.00 bits per heavy atom. The van der Waals surface area contributed by atoms with Crippen molar-refractivity contribution in [1.29, 1.82) is 0 Å². The van der Waals surface area contributed by atoms with Crippen LogP contribution in [0.25, 0.3) is 11.1 Å². The maximum Gasteiger partial charge on any atom is 0.305 e. The zero-order chi connectivity index (χ0) is 23.6. The molecular weight excluding hydrogens is 414 g/mol. The highest BCUT2D eigenvalue weighted by molar-refractivity contribution is 5.99. The van der Waals surface area contributed by atoms with Crippen molar-refractivity contribution in [3.8, 4) is 11.5 Å². The Kier molecular flexibility index (Phi) is 8.67. The molecule has 3 rings (SSSR count). The van der Waals surface area contributed by atoms with E-state index in [1.807, 2.05) is 80.8 Å². The van der Waals surface area contributed by atoms with Gasteiger partial charge in [-0.2, -0.15) is 0 Å². The molecule has 0 amide bonds. The maximum absolute atomic E-state index is 12.0. The van der Waals surface area contributed by atoms with Gasteiger partial charge in [-0.25, -0.2) is 0 Å². The van der Waals surface area contributed by atoms with Crippen LogP contribution in [0.3, 0.4) is 0 Å². The van der Waals surface area contributed by atoms with Crippen molar-refractivity contribution in [3.63, 3.8) is 0 Å². The van der Waals surface area contributed by atoms with Gasteiger partial charge in [0, 0.05) is 13.0 Å². The lowest BCUT2D eigenvalue weighted by molar-refractivity contribution is -0.140. The molecule has 3 aromatic carbocycles. The number of carbonyl (C=O) groups is 1. The van der Waals surface area contributed by atoms with Crippen molar-refractivity contribution < 1.29 is 19.4 Å². The summed E-state index contributed by atoms with van der Waals surface area (Å²) in [6.45, 7) is 1.45. The van der Waals surface area contributed by atoms with E-state index in [9.17, 15) is 9.90 Å². The molecule has 0 bridgehead atoms. The molecule has 33 heavy (non-hydrogen) atoms. The van der Waals surface area contributed by atoms with Crippen LogP contribution in [0, 0.1) is 0 Å².